The standard InChI is InChI=1S/C18H15ClF2N2S/c1-2-9-23-17(12-3-5-13(19)6-4-12)11-24-18(23)22-16-8-7-14(20)10-15(16)21/h3-8,10-11H,2,9H2,1H3/p+1. The van der Waals surface area contributed by atoms with Crippen LogP contribution in [0.15, 0.2) is 47.8 Å². The Morgan fingerprint density at radius 1 is 1.12 bits per heavy atom. The molecule has 0 saturated carbocycles. The van der Waals surface area contributed by atoms with E-state index >= 15 is 0 Å². The van der Waals surface area contributed by atoms with Gasteiger partial charge in [0.15, 0.2) is 11.5 Å². The summed E-state index contributed by atoms with van der Waals surface area (Å²) in [6, 6.07) is 11.1. The van der Waals surface area contributed by atoms with E-state index in [2.05, 4.69) is 16.8 Å². The van der Waals surface area contributed by atoms with Gasteiger partial charge < -0.3 is 0 Å². The van der Waals surface area contributed by atoms with Crippen LogP contribution in [0.2, 0.25) is 5.02 Å². The Labute approximate surface area is 148 Å². The number of hydrogen-bond donors (Lipinski definition) is 1. The third kappa shape index (κ3) is 3.57. The highest BCUT2D eigenvalue weighted by Crippen LogP contribution is 2.27. The Morgan fingerprint density at radius 3 is 2.54 bits per heavy atom. The number of aromatic nitrogens is 1. The van der Waals surface area contributed by atoms with Gasteiger partial charge in [-0.2, -0.15) is 0 Å². The van der Waals surface area contributed by atoms with Gasteiger partial charge in [-0.25, -0.2) is 18.7 Å². The van der Waals surface area contributed by atoms with Gasteiger partial charge in [-0.3, -0.25) is 0 Å². The minimum Gasteiger partial charge on any atom is -0.229 e. The summed E-state index contributed by atoms with van der Waals surface area (Å²) in [7, 11) is 0. The van der Waals surface area contributed by atoms with Gasteiger partial charge in [0.2, 0.25) is 0 Å². The van der Waals surface area contributed by atoms with Gasteiger partial charge >= 0.3 is 5.13 Å². The van der Waals surface area contributed by atoms with Crippen LogP contribution in [0.4, 0.5) is 19.6 Å². The number of nitrogens with zero attached hydrogens (tertiary/aromatic N) is 1. The van der Waals surface area contributed by atoms with E-state index < -0.39 is 11.6 Å². The molecule has 0 aliphatic heterocycles. The van der Waals surface area contributed by atoms with Crippen LogP contribution >= 0.6 is 22.9 Å². The fourth-order valence-electron chi connectivity index (χ4n) is 2.44. The third-order valence-corrected chi connectivity index (χ3v) is 4.72. The fourth-order valence-corrected chi connectivity index (χ4v) is 3.54. The molecule has 0 bridgehead atoms. The van der Waals surface area contributed by atoms with Gasteiger partial charge in [-0.1, -0.05) is 29.9 Å². The molecule has 2 aromatic carbocycles. The highest BCUT2D eigenvalue weighted by Gasteiger charge is 2.20. The number of nitrogens with one attached hydrogen (secondary N) is 1. The van der Waals surface area contributed by atoms with Gasteiger partial charge in [0.1, 0.15) is 11.5 Å². The van der Waals surface area contributed by atoms with Crippen LogP contribution in [0.3, 0.4) is 0 Å². The summed E-state index contributed by atoms with van der Waals surface area (Å²) in [6.07, 6.45) is 0.933. The van der Waals surface area contributed by atoms with Crippen molar-refractivity contribution in [1.82, 2.24) is 0 Å². The van der Waals surface area contributed by atoms with Crippen molar-refractivity contribution in [3.8, 4) is 11.3 Å². The van der Waals surface area contributed by atoms with E-state index in [1.54, 1.807) is 0 Å². The molecule has 1 N–H and O–H groups in total. The molecule has 124 valence electrons. The second kappa shape index (κ2) is 7.28. The van der Waals surface area contributed by atoms with Gasteiger partial charge in [-0.05, 0) is 42.8 Å². The van der Waals surface area contributed by atoms with Crippen molar-refractivity contribution in [3.63, 3.8) is 0 Å². The van der Waals surface area contributed by atoms with Crippen LogP contribution in [0, 0.1) is 11.6 Å². The zero-order valence-corrected chi connectivity index (χ0v) is 14.6. The molecule has 0 fully saturated rings. The molecule has 1 heterocycles. The molecule has 0 atom stereocenters. The van der Waals surface area contributed by atoms with E-state index in [1.165, 1.54) is 23.5 Å². The van der Waals surface area contributed by atoms with E-state index in [4.69, 9.17) is 11.6 Å². The van der Waals surface area contributed by atoms with Crippen molar-refractivity contribution in [2.75, 3.05) is 5.32 Å². The first-order valence-electron chi connectivity index (χ1n) is 7.58. The Hall–Kier alpha value is -1.98. The lowest BCUT2D eigenvalue weighted by atomic mass is 10.2. The van der Waals surface area contributed by atoms with Crippen molar-refractivity contribution in [1.29, 1.82) is 0 Å². The summed E-state index contributed by atoms with van der Waals surface area (Å²) in [5.41, 5.74) is 2.33. The van der Waals surface area contributed by atoms with Crippen LogP contribution in [0.25, 0.3) is 11.3 Å². The molecule has 6 heteroatoms. The molecule has 3 aromatic rings. The predicted octanol–water partition coefficient (Wildman–Crippen LogP) is 5.79. The molecule has 2 nitrogen and oxygen atoms in total. The van der Waals surface area contributed by atoms with Crippen molar-refractivity contribution < 1.29 is 13.3 Å². The molecular weight excluding hydrogens is 350 g/mol. The summed E-state index contributed by atoms with van der Waals surface area (Å²) >= 11 is 7.44. The van der Waals surface area contributed by atoms with Crippen molar-refractivity contribution in [2.45, 2.75) is 19.9 Å². The van der Waals surface area contributed by atoms with Crippen LogP contribution in [0.5, 0.6) is 0 Å². The number of halogens is 3. The zero-order valence-electron chi connectivity index (χ0n) is 13.0. The molecule has 0 aliphatic rings. The Balaban J connectivity index is 1.98. The van der Waals surface area contributed by atoms with E-state index in [0.717, 1.165) is 35.4 Å². The topological polar surface area (TPSA) is 15.9 Å². The van der Waals surface area contributed by atoms with E-state index in [1.807, 2.05) is 29.6 Å². The molecule has 0 radical (unpaired) electrons. The highest BCUT2D eigenvalue weighted by molar-refractivity contribution is 7.13. The zero-order chi connectivity index (χ0) is 17.1. The number of thiazole rings is 1. The van der Waals surface area contributed by atoms with E-state index in [-0.39, 0.29) is 5.69 Å². The fraction of sp³-hybridized carbons (Fsp3) is 0.167. The summed E-state index contributed by atoms with van der Waals surface area (Å²) in [4.78, 5) is 0. The molecule has 0 spiro atoms. The second-order valence-electron chi connectivity index (χ2n) is 5.33. The number of rotatable bonds is 5. The third-order valence-electron chi connectivity index (χ3n) is 3.58. The maximum atomic E-state index is 13.9. The quantitative estimate of drug-likeness (QED) is 0.566. The largest absolute Gasteiger partial charge is 0.339 e. The van der Waals surface area contributed by atoms with Crippen molar-refractivity contribution in [3.05, 3.63) is 64.5 Å². The second-order valence-corrected chi connectivity index (χ2v) is 6.63. The first kappa shape index (κ1) is 16.9. The van der Waals surface area contributed by atoms with Gasteiger partial charge in [-0.15, -0.1) is 0 Å². The van der Waals surface area contributed by atoms with Crippen molar-refractivity contribution in [2.24, 2.45) is 0 Å². The smallest absolute Gasteiger partial charge is 0.229 e. The first-order valence-corrected chi connectivity index (χ1v) is 8.83. The minimum absolute atomic E-state index is 0.255. The van der Waals surface area contributed by atoms with E-state index in [9.17, 15) is 8.78 Å². The molecule has 1 aromatic heterocycles. The van der Waals surface area contributed by atoms with Gasteiger partial charge in [0.25, 0.3) is 0 Å². The Morgan fingerprint density at radius 2 is 1.88 bits per heavy atom. The van der Waals surface area contributed by atoms with Gasteiger partial charge in [0.05, 0.1) is 6.54 Å². The lowest BCUT2D eigenvalue weighted by Gasteiger charge is -2.06. The average Bonchev–Trinajstić information content (AvgIpc) is 2.94. The van der Waals surface area contributed by atoms with Gasteiger partial charge in [0, 0.05) is 22.0 Å². The predicted molar refractivity (Wildman–Crippen MR) is 94.9 cm³/mol. The molecule has 24 heavy (non-hydrogen) atoms. The first-order chi connectivity index (χ1) is 11.6. The van der Waals surface area contributed by atoms with Crippen LogP contribution in [0.1, 0.15) is 13.3 Å². The lowest BCUT2D eigenvalue weighted by molar-refractivity contribution is -0.668. The maximum Gasteiger partial charge on any atom is 0.339 e. The minimum atomic E-state index is -0.612. The van der Waals surface area contributed by atoms with E-state index in [0.29, 0.717) is 5.02 Å². The summed E-state index contributed by atoms with van der Waals surface area (Å²) in [5.74, 6) is -1.20. The molecule has 0 saturated heterocycles. The van der Waals surface area contributed by atoms with Crippen molar-refractivity contribution >= 4 is 33.8 Å². The average molecular weight is 366 g/mol. The molecule has 0 unspecified atom stereocenters. The van der Waals surface area contributed by atoms with Crippen LogP contribution < -0.4 is 9.88 Å². The molecule has 3 rings (SSSR count). The normalized spacial score (nSPS) is 10.8. The monoisotopic (exact) mass is 365 g/mol. The number of hydrogen-bond acceptors (Lipinski definition) is 2. The Bertz CT molecular complexity index is 847. The summed E-state index contributed by atoms with van der Waals surface area (Å²) in [5, 5.41) is 6.57. The maximum absolute atomic E-state index is 13.9. The van der Waals surface area contributed by atoms with Crippen LogP contribution in [-0.4, -0.2) is 0 Å². The number of benzene rings is 2. The molecule has 0 amide bonds. The number of anilines is 2. The SMILES string of the molecule is CCC[n+]1c(-c2ccc(Cl)cc2)csc1Nc1ccc(F)cc1F. The van der Waals surface area contributed by atoms with Crippen LogP contribution in [-0.2, 0) is 6.54 Å². The molecule has 0 aliphatic carbocycles. The highest BCUT2D eigenvalue weighted by atomic mass is 35.5. The summed E-state index contributed by atoms with van der Waals surface area (Å²) < 4.78 is 29.1. The summed E-state index contributed by atoms with van der Waals surface area (Å²) in [6.45, 7) is 2.87. The Kier molecular flexibility index (Phi) is 5.11. The molecular formula is C18H16ClF2N2S+. The lowest BCUT2D eigenvalue weighted by Crippen LogP contribution is -2.36.